The number of piperazine rings is 1. The Hall–Kier alpha value is -0.160. The van der Waals surface area contributed by atoms with Crippen LogP contribution in [0.25, 0.3) is 0 Å². The Kier molecular flexibility index (Phi) is 7.61. The summed E-state index contributed by atoms with van der Waals surface area (Å²) in [7, 11) is 2.22. The number of hydrogen-bond donors (Lipinski definition) is 0. The van der Waals surface area contributed by atoms with Crippen LogP contribution in [0.3, 0.4) is 0 Å². The van der Waals surface area contributed by atoms with Gasteiger partial charge in [-0.2, -0.15) is 0 Å². The van der Waals surface area contributed by atoms with Crippen LogP contribution in [0.15, 0.2) is 0 Å². The Morgan fingerprint density at radius 1 is 0.955 bits per heavy atom. The first kappa shape index (κ1) is 18.2. The van der Waals surface area contributed by atoms with E-state index in [-0.39, 0.29) is 0 Å². The molecule has 0 aliphatic carbocycles. The predicted octanol–water partition coefficient (Wildman–Crippen LogP) is 1.68. The van der Waals surface area contributed by atoms with E-state index in [9.17, 15) is 0 Å². The third kappa shape index (κ3) is 5.80. The summed E-state index contributed by atoms with van der Waals surface area (Å²) < 4.78 is 0. The summed E-state index contributed by atoms with van der Waals surface area (Å²) in [5.41, 5.74) is 0. The largest absolute Gasteiger partial charge is 0.305 e. The van der Waals surface area contributed by atoms with Gasteiger partial charge in [0.25, 0.3) is 0 Å². The Bertz CT molecular complexity index is 291. The molecule has 0 radical (unpaired) electrons. The number of piperidine rings is 1. The highest BCUT2D eigenvalue weighted by Crippen LogP contribution is 2.20. The minimum atomic E-state index is 0.728. The molecule has 0 aromatic rings. The fraction of sp³-hybridized carbons (Fsp3) is 1.00. The van der Waals surface area contributed by atoms with Crippen molar-refractivity contribution < 1.29 is 0 Å². The highest BCUT2D eigenvalue weighted by molar-refractivity contribution is 4.79. The van der Waals surface area contributed by atoms with Gasteiger partial charge in [-0.15, -0.1) is 0 Å². The van der Waals surface area contributed by atoms with Gasteiger partial charge in [-0.25, -0.2) is 0 Å². The molecule has 0 amide bonds. The molecule has 2 saturated heterocycles. The van der Waals surface area contributed by atoms with Crippen LogP contribution in [-0.2, 0) is 0 Å². The topological polar surface area (TPSA) is 13.0 Å². The van der Waals surface area contributed by atoms with Crippen molar-refractivity contribution in [2.24, 2.45) is 5.92 Å². The Labute approximate surface area is 138 Å². The maximum absolute atomic E-state index is 2.72. The van der Waals surface area contributed by atoms with Gasteiger partial charge in [0.2, 0.25) is 0 Å². The molecule has 0 N–H and O–H groups in total. The van der Waals surface area contributed by atoms with E-state index in [1.807, 2.05) is 0 Å². The predicted molar refractivity (Wildman–Crippen MR) is 95.5 cm³/mol. The molecule has 0 unspecified atom stereocenters. The second-order valence-electron chi connectivity index (χ2n) is 7.61. The van der Waals surface area contributed by atoms with Crippen molar-refractivity contribution in [3.8, 4) is 0 Å². The van der Waals surface area contributed by atoms with Gasteiger partial charge in [0.05, 0.1) is 0 Å². The van der Waals surface area contributed by atoms with Crippen LogP contribution in [0, 0.1) is 5.92 Å². The molecule has 2 aliphatic heterocycles. The molecule has 0 aromatic heterocycles. The fourth-order valence-electron chi connectivity index (χ4n) is 3.68. The molecular formula is C18H38N4. The quantitative estimate of drug-likeness (QED) is 0.709. The van der Waals surface area contributed by atoms with Crippen LogP contribution < -0.4 is 0 Å². The lowest BCUT2D eigenvalue weighted by atomic mass is 9.95. The lowest BCUT2D eigenvalue weighted by molar-refractivity contribution is 0.0842. The molecule has 22 heavy (non-hydrogen) atoms. The monoisotopic (exact) mass is 310 g/mol. The zero-order valence-electron chi connectivity index (χ0n) is 15.4. The van der Waals surface area contributed by atoms with Gasteiger partial charge in [-0.05, 0) is 59.3 Å². The molecule has 4 nitrogen and oxygen atoms in total. The first-order chi connectivity index (χ1) is 10.6. The maximum Gasteiger partial charge on any atom is 0.0110 e. The first-order valence-electron chi connectivity index (χ1n) is 9.45. The van der Waals surface area contributed by atoms with Crippen LogP contribution in [0.1, 0.15) is 33.6 Å². The minimum Gasteiger partial charge on any atom is -0.305 e. The SMILES string of the molecule is CCN(C)CCN1CCN(CC2CCN(C(C)C)CC2)CC1. The summed E-state index contributed by atoms with van der Waals surface area (Å²) >= 11 is 0. The third-order valence-electron chi connectivity index (χ3n) is 5.70. The Morgan fingerprint density at radius 2 is 1.55 bits per heavy atom. The van der Waals surface area contributed by atoms with Gasteiger partial charge in [0, 0.05) is 51.9 Å². The molecule has 0 aromatic carbocycles. The Balaban J connectivity index is 1.60. The molecule has 4 heteroatoms. The van der Waals surface area contributed by atoms with Crippen LogP contribution in [0.4, 0.5) is 0 Å². The average Bonchev–Trinajstić information content (AvgIpc) is 2.54. The van der Waals surface area contributed by atoms with Gasteiger partial charge in [-0.3, -0.25) is 4.90 Å². The number of hydrogen-bond acceptors (Lipinski definition) is 4. The van der Waals surface area contributed by atoms with Crippen molar-refractivity contribution in [1.82, 2.24) is 19.6 Å². The molecule has 2 rings (SSSR count). The van der Waals surface area contributed by atoms with E-state index in [2.05, 4.69) is 47.4 Å². The van der Waals surface area contributed by atoms with Crippen molar-refractivity contribution in [2.75, 3.05) is 72.5 Å². The van der Waals surface area contributed by atoms with Crippen molar-refractivity contribution in [3.63, 3.8) is 0 Å². The van der Waals surface area contributed by atoms with E-state index in [1.54, 1.807) is 0 Å². The second-order valence-corrected chi connectivity index (χ2v) is 7.61. The molecule has 2 aliphatic rings. The standard InChI is InChI=1S/C18H38N4/c1-5-19(4)10-11-20-12-14-21(15-13-20)16-18-6-8-22(9-7-18)17(2)3/h17-18H,5-16H2,1-4H3. The molecule has 2 fully saturated rings. The van der Waals surface area contributed by atoms with Crippen LogP contribution in [0.2, 0.25) is 0 Å². The summed E-state index contributed by atoms with van der Waals surface area (Å²) in [4.78, 5) is 10.4. The van der Waals surface area contributed by atoms with E-state index in [1.165, 1.54) is 71.7 Å². The van der Waals surface area contributed by atoms with E-state index < -0.39 is 0 Å². The number of rotatable bonds is 7. The first-order valence-corrected chi connectivity index (χ1v) is 9.45. The maximum atomic E-state index is 2.72. The molecule has 0 bridgehead atoms. The molecule has 130 valence electrons. The van der Waals surface area contributed by atoms with E-state index in [0.717, 1.165) is 18.5 Å². The van der Waals surface area contributed by atoms with Crippen LogP contribution >= 0.6 is 0 Å². The number of likely N-dealkylation sites (tertiary alicyclic amines) is 1. The molecule has 2 heterocycles. The zero-order chi connectivity index (χ0) is 15.9. The van der Waals surface area contributed by atoms with Gasteiger partial charge in [-0.1, -0.05) is 6.92 Å². The highest BCUT2D eigenvalue weighted by atomic mass is 15.3. The summed E-state index contributed by atoms with van der Waals surface area (Å²) in [6.45, 7) is 19.6. The third-order valence-corrected chi connectivity index (χ3v) is 5.70. The van der Waals surface area contributed by atoms with Crippen molar-refractivity contribution >= 4 is 0 Å². The Morgan fingerprint density at radius 3 is 2.09 bits per heavy atom. The minimum absolute atomic E-state index is 0.728. The van der Waals surface area contributed by atoms with Crippen molar-refractivity contribution in [1.29, 1.82) is 0 Å². The van der Waals surface area contributed by atoms with E-state index in [4.69, 9.17) is 0 Å². The second kappa shape index (κ2) is 9.21. The van der Waals surface area contributed by atoms with Gasteiger partial charge < -0.3 is 14.7 Å². The normalized spacial score (nSPS) is 23.7. The van der Waals surface area contributed by atoms with Gasteiger partial charge in [0.15, 0.2) is 0 Å². The lowest BCUT2D eigenvalue weighted by Gasteiger charge is -2.40. The van der Waals surface area contributed by atoms with Crippen molar-refractivity contribution in [3.05, 3.63) is 0 Å². The van der Waals surface area contributed by atoms with Crippen LogP contribution in [-0.4, -0.2) is 98.1 Å². The van der Waals surface area contributed by atoms with Gasteiger partial charge in [0.1, 0.15) is 0 Å². The summed E-state index contributed by atoms with van der Waals surface area (Å²) in [6, 6.07) is 0.728. The summed E-state index contributed by atoms with van der Waals surface area (Å²) in [6.07, 6.45) is 2.80. The number of nitrogens with zero attached hydrogens (tertiary/aromatic N) is 4. The van der Waals surface area contributed by atoms with Gasteiger partial charge >= 0.3 is 0 Å². The number of likely N-dealkylation sites (N-methyl/N-ethyl adjacent to an activating group) is 1. The molecule has 0 saturated carbocycles. The molecule has 0 atom stereocenters. The van der Waals surface area contributed by atoms with E-state index in [0.29, 0.717) is 0 Å². The zero-order valence-corrected chi connectivity index (χ0v) is 15.4. The fourth-order valence-corrected chi connectivity index (χ4v) is 3.68. The summed E-state index contributed by atoms with van der Waals surface area (Å²) in [5.74, 6) is 0.938. The molecular weight excluding hydrogens is 272 g/mol. The summed E-state index contributed by atoms with van der Waals surface area (Å²) in [5, 5.41) is 0. The smallest absolute Gasteiger partial charge is 0.0110 e. The van der Waals surface area contributed by atoms with Crippen LogP contribution in [0.5, 0.6) is 0 Å². The molecule has 0 spiro atoms. The van der Waals surface area contributed by atoms with E-state index >= 15 is 0 Å². The average molecular weight is 311 g/mol. The highest BCUT2D eigenvalue weighted by Gasteiger charge is 2.24. The van der Waals surface area contributed by atoms with Crippen molar-refractivity contribution in [2.45, 2.75) is 39.7 Å². The lowest BCUT2D eigenvalue weighted by Crippen LogP contribution is -2.50.